The monoisotopic (exact) mass is 627 g/mol. The minimum Gasteiger partial charge on any atom is -0.491 e. The van der Waals surface area contributed by atoms with Gasteiger partial charge in [0.25, 0.3) is 5.91 Å². The molecule has 2 fully saturated rings. The average Bonchev–Trinajstić information content (AvgIpc) is 3.44. The van der Waals surface area contributed by atoms with Crippen LogP contribution in [0.3, 0.4) is 0 Å². The molecule has 2 aromatic rings. The molecule has 6 rings (SSSR count). The lowest BCUT2D eigenvalue weighted by atomic mass is 9.68. The van der Waals surface area contributed by atoms with E-state index in [1.54, 1.807) is 6.07 Å². The number of carbonyl (C=O) groups is 1. The predicted octanol–water partition coefficient (Wildman–Crippen LogP) is 7.22. The number of hydrogen-bond acceptors (Lipinski definition) is 7. The number of benzene rings is 2. The van der Waals surface area contributed by atoms with Crippen LogP contribution in [0.4, 0.5) is 5.69 Å². The fourth-order valence-corrected chi connectivity index (χ4v) is 8.70. The fourth-order valence-electron chi connectivity index (χ4n) is 7.55. The van der Waals surface area contributed by atoms with Gasteiger partial charge in [-0.25, -0.2) is 0 Å². The Morgan fingerprint density at radius 1 is 1.02 bits per heavy atom. The van der Waals surface area contributed by atoms with Gasteiger partial charge in [0.2, 0.25) is 0 Å². The highest BCUT2D eigenvalue weighted by atomic mass is 35.5. The summed E-state index contributed by atoms with van der Waals surface area (Å²) in [5, 5.41) is 0.434. The number of fused-ring (bicyclic) bond motifs is 4. The van der Waals surface area contributed by atoms with Crippen molar-refractivity contribution in [1.29, 1.82) is 0 Å². The number of rotatable bonds is 1. The van der Waals surface area contributed by atoms with Crippen molar-refractivity contribution in [1.82, 2.24) is 0 Å². The highest BCUT2D eigenvalue weighted by Gasteiger charge is 2.42. The molecule has 1 saturated carbocycles. The quantitative estimate of drug-likeness (QED) is 0.311. The van der Waals surface area contributed by atoms with E-state index in [4.69, 9.17) is 25.8 Å². The maximum Gasteiger partial charge on any atom is 0.254 e. The minimum absolute atomic E-state index is 0.00244. The molecule has 1 aliphatic carbocycles. The van der Waals surface area contributed by atoms with Crippen molar-refractivity contribution >= 4 is 33.8 Å². The Labute approximate surface area is 262 Å². The van der Waals surface area contributed by atoms with Crippen LogP contribution in [-0.4, -0.2) is 50.2 Å². The van der Waals surface area contributed by atoms with Gasteiger partial charge in [0.15, 0.2) is 0 Å². The zero-order valence-corrected chi connectivity index (χ0v) is 27.1. The SMILES string of the molecule is CO[C@H]1C[C@H]2CCO[C@@H]2[C@H](C)[C@@H](C)[S-](=O)=NC(=O)c2ccc3c(c2)N(Cc2ccc(Cl)cc2CCCCO3)C[C@@H]2CC[C@H]21. The summed E-state index contributed by atoms with van der Waals surface area (Å²) >= 11 is 6.45. The maximum atomic E-state index is 13.5. The van der Waals surface area contributed by atoms with E-state index in [1.807, 2.05) is 32.2 Å². The van der Waals surface area contributed by atoms with E-state index in [0.29, 0.717) is 43.1 Å². The molecule has 0 N–H and O–H groups in total. The van der Waals surface area contributed by atoms with Crippen LogP contribution < -0.4 is 9.64 Å². The highest BCUT2D eigenvalue weighted by molar-refractivity contribution is 7.75. The first-order valence-corrected chi connectivity index (χ1v) is 17.5. The molecule has 7 atom stereocenters. The third-order valence-electron chi connectivity index (χ3n) is 10.4. The second-order valence-electron chi connectivity index (χ2n) is 12.9. The number of anilines is 1. The molecule has 2 bridgehead atoms. The number of ether oxygens (including phenoxy) is 3. The minimum atomic E-state index is -1.69. The zero-order valence-electron chi connectivity index (χ0n) is 25.5. The van der Waals surface area contributed by atoms with Gasteiger partial charge in [-0.2, -0.15) is 10.6 Å². The van der Waals surface area contributed by atoms with Gasteiger partial charge in [0.05, 0.1) is 24.5 Å². The Hall–Kier alpha value is -2.13. The molecule has 43 heavy (non-hydrogen) atoms. The van der Waals surface area contributed by atoms with Crippen LogP contribution in [-0.2, 0) is 37.2 Å². The Balaban J connectivity index is 1.44. The van der Waals surface area contributed by atoms with Crippen molar-refractivity contribution in [3.05, 3.63) is 58.1 Å². The molecule has 7 nitrogen and oxygen atoms in total. The van der Waals surface area contributed by atoms with E-state index in [-0.39, 0.29) is 23.4 Å². The number of methoxy groups -OCH3 is 1. The summed E-state index contributed by atoms with van der Waals surface area (Å²) in [5.41, 5.74) is 3.80. The summed E-state index contributed by atoms with van der Waals surface area (Å²) in [6, 6.07) is 11.7. The number of amides is 1. The molecule has 1 saturated heterocycles. The lowest BCUT2D eigenvalue weighted by Crippen LogP contribution is -2.45. The van der Waals surface area contributed by atoms with Gasteiger partial charge >= 0.3 is 0 Å². The van der Waals surface area contributed by atoms with Crippen LogP contribution in [0, 0.1) is 23.7 Å². The molecule has 0 unspecified atom stereocenters. The summed E-state index contributed by atoms with van der Waals surface area (Å²) in [7, 11) is 0.155. The number of halogens is 1. The second kappa shape index (κ2) is 13.5. The van der Waals surface area contributed by atoms with E-state index in [0.717, 1.165) is 68.0 Å². The number of hydrogen-bond donors (Lipinski definition) is 0. The molecular formula is C34H44ClN2O5S-. The summed E-state index contributed by atoms with van der Waals surface area (Å²) < 4.78 is 36.4. The molecular weight excluding hydrogens is 584 g/mol. The third-order valence-corrected chi connectivity index (χ3v) is 12.1. The van der Waals surface area contributed by atoms with Crippen LogP contribution in [0.1, 0.15) is 73.9 Å². The molecule has 0 radical (unpaired) electrons. The van der Waals surface area contributed by atoms with Crippen LogP contribution in [0.5, 0.6) is 5.75 Å². The molecule has 9 heteroatoms. The van der Waals surface area contributed by atoms with Crippen molar-refractivity contribution in [3.63, 3.8) is 0 Å². The number of carbonyl (C=O) groups excluding carboxylic acids is 1. The van der Waals surface area contributed by atoms with E-state index in [9.17, 15) is 9.00 Å². The van der Waals surface area contributed by atoms with Gasteiger partial charge in [-0.1, -0.05) is 36.8 Å². The Bertz CT molecular complexity index is 1410. The summed E-state index contributed by atoms with van der Waals surface area (Å²) in [6.07, 6.45) is 7.15. The smallest absolute Gasteiger partial charge is 0.254 e. The molecule has 3 aliphatic heterocycles. The Morgan fingerprint density at radius 3 is 2.67 bits per heavy atom. The molecule has 4 aliphatic rings. The van der Waals surface area contributed by atoms with Gasteiger partial charge < -0.3 is 27.7 Å². The largest absolute Gasteiger partial charge is 0.491 e. The van der Waals surface area contributed by atoms with Crippen LogP contribution in [0.15, 0.2) is 40.8 Å². The normalized spacial score (nSPS) is 32.2. The van der Waals surface area contributed by atoms with Gasteiger partial charge in [-0.3, -0.25) is 4.79 Å². The molecule has 0 spiro atoms. The van der Waals surface area contributed by atoms with Crippen molar-refractivity contribution in [2.75, 3.05) is 31.8 Å². The zero-order chi connectivity index (χ0) is 30.1. The van der Waals surface area contributed by atoms with E-state index in [1.165, 1.54) is 11.1 Å². The van der Waals surface area contributed by atoms with Gasteiger partial charge in [-0.15, -0.1) is 0 Å². The number of aryl methyl sites for hydroxylation is 1. The fraction of sp³-hybridized carbons (Fsp3) is 0.618. The molecule has 234 valence electrons. The predicted molar refractivity (Wildman–Crippen MR) is 170 cm³/mol. The molecule has 0 aromatic heterocycles. The lowest BCUT2D eigenvalue weighted by molar-refractivity contribution is -0.0411. The summed E-state index contributed by atoms with van der Waals surface area (Å²) in [5.74, 6) is 1.51. The molecule has 2 aromatic carbocycles. The topological polar surface area (TPSA) is 77.4 Å². The second-order valence-corrected chi connectivity index (χ2v) is 14.8. The molecule has 1 amide bonds. The molecule has 3 heterocycles. The summed E-state index contributed by atoms with van der Waals surface area (Å²) in [6.45, 7) is 6.80. The standard InChI is InChI=1S/C34H44ClN2O5S/c1-21-22(2)43(39)36-34(38)25-9-12-31-30(17-25)37(19-26-7-10-28(35)16-23(26)6-4-5-14-41-31)20-27-8-11-29(27)32(40-3)18-24-13-15-42-33(21)24/h7,9-10,12,16-17,21-22,24,27,29,32-33H,4-6,8,11,13-15,18-20H2,1-3H3/q-1/t21-,22-,24-,27+,29-,32+,33-/m1/s1. The lowest BCUT2D eigenvalue weighted by Gasteiger charge is -2.45. The van der Waals surface area contributed by atoms with Crippen molar-refractivity contribution in [3.8, 4) is 5.75 Å². The van der Waals surface area contributed by atoms with Gasteiger partial charge in [0, 0.05) is 37.4 Å². The first kappa shape index (κ1) is 30.9. The number of nitrogens with zero attached hydrogens (tertiary/aromatic N) is 2. The average molecular weight is 628 g/mol. The van der Waals surface area contributed by atoms with Crippen LogP contribution in [0.25, 0.3) is 0 Å². The summed E-state index contributed by atoms with van der Waals surface area (Å²) in [4.78, 5) is 15.9. The first-order valence-electron chi connectivity index (χ1n) is 15.9. The first-order chi connectivity index (χ1) is 20.8. The van der Waals surface area contributed by atoms with E-state index in [2.05, 4.69) is 28.3 Å². The van der Waals surface area contributed by atoms with E-state index < -0.39 is 16.5 Å². The Kier molecular flexibility index (Phi) is 9.67. The van der Waals surface area contributed by atoms with Crippen LogP contribution in [0.2, 0.25) is 5.02 Å². The maximum absolute atomic E-state index is 13.5. The third kappa shape index (κ3) is 6.63. The van der Waals surface area contributed by atoms with Gasteiger partial charge in [-0.05, 0) is 110 Å². The van der Waals surface area contributed by atoms with Crippen molar-refractivity contribution in [2.24, 2.45) is 28.0 Å². The van der Waals surface area contributed by atoms with Crippen LogP contribution >= 0.6 is 11.6 Å². The van der Waals surface area contributed by atoms with Gasteiger partial charge in [0.1, 0.15) is 5.75 Å². The van der Waals surface area contributed by atoms with Crippen molar-refractivity contribution in [2.45, 2.75) is 82.8 Å². The van der Waals surface area contributed by atoms with Crippen molar-refractivity contribution < 1.29 is 23.2 Å². The van der Waals surface area contributed by atoms with E-state index >= 15 is 0 Å². The Morgan fingerprint density at radius 2 is 1.88 bits per heavy atom. The highest BCUT2D eigenvalue weighted by Crippen LogP contribution is 2.44.